The minimum absolute atomic E-state index is 0.330. The normalized spacial score (nSPS) is 16.4. The Morgan fingerprint density at radius 2 is 2.24 bits per heavy atom. The summed E-state index contributed by atoms with van der Waals surface area (Å²) in [5.41, 5.74) is 0. The summed E-state index contributed by atoms with van der Waals surface area (Å²) < 4.78 is 14.6. The molecule has 1 rings (SSSR count). The van der Waals surface area contributed by atoms with E-state index >= 15 is 0 Å². The fourth-order valence-electron chi connectivity index (χ4n) is 0.823. The number of rotatable bonds is 8. The molecule has 0 N–H and O–H groups in total. The van der Waals surface area contributed by atoms with E-state index in [1.807, 2.05) is 6.92 Å². The van der Waals surface area contributed by atoms with Gasteiger partial charge in [-0.3, -0.25) is 0 Å². The number of hydrogen-bond donors (Lipinski definition) is 0. The van der Waals surface area contributed by atoms with Gasteiger partial charge in [0.1, 0.15) is 6.10 Å². The van der Waals surface area contributed by atoms with Crippen LogP contribution in [0.5, 0.6) is 0 Å². The van der Waals surface area contributed by atoms with E-state index in [0.717, 1.165) is 26.1 Å². The van der Waals surface area contributed by atoms with E-state index in [2.05, 4.69) is 17.9 Å². The summed E-state index contributed by atoms with van der Waals surface area (Å²) in [6, 6.07) is 0. The molecule has 0 bridgehead atoms. The largest absolute Gasteiger partial charge is 0.463 e. The molecule has 1 unspecified atom stereocenters. The number of carbonyl (C=O) groups is 1. The Hall–Kier alpha value is -1.13. The average molecular weight is 242 g/mol. The van der Waals surface area contributed by atoms with Crippen molar-refractivity contribution in [3.63, 3.8) is 0 Å². The van der Waals surface area contributed by atoms with Gasteiger partial charge in [0.2, 0.25) is 0 Å². The van der Waals surface area contributed by atoms with E-state index in [1.165, 1.54) is 6.08 Å². The van der Waals surface area contributed by atoms with Crippen LogP contribution in [0.25, 0.3) is 0 Å². The number of carbonyl (C=O) groups excluding carboxylic acids is 1. The van der Waals surface area contributed by atoms with E-state index in [9.17, 15) is 4.79 Å². The van der Waals surface area contributed by atoms with Crippen LogP contribution in [0.1, 0.15) is 19.8 Å². The molecule has 1 fully saturated rings. The van der Waals surface area contributed by atoms with Crippen LogP contribution in [-0.4, -0.2) is 38.5 Å². The zero-order chi connectivity index (χ0) is 12.9. The van der Waals surface area contributed by atoms with Gasteiger partial charge < -0.3 is 14.2 Å². The van der Waals surface area contributed by atoms with Gasteiger partial charge in [0.25, 0.3) is 0 Å². The minimum atomic E-state index is -0.330. The zero-order valence-corrected chi connectivity index (χ0v) is 10.5. The first kappa shape index (κ1) is 15.9. The van der Waals surface area contributed by atoms with Crippen molar-refractivity contribution in [2.45, 2.75) is 25.9 Å². The Morgan fingerprint density at radius 1 is 1.53 bits per heavy atom. The highest BCUT2D eigenvalue weighted by Crippen LogP contribution is 2.07. The standard InChI is InChI=1S/C7H12O2.C6H10O2/c1-3-5-6-9-7(8)4-2;1-2-3-7-4-6-5-8-6/h4H,2-3,5-6H2,1H3;2,6H,1,3-5H2. The third kappa shape index (κ3) is 12.8. The maximum absolute atomic E-state index is 10.3. The van der Waals surface area contributed by atoms with Crippen LogP contribution in [0.15, 0.2) is 25.3 Å². The van der Waals surface area contributed by atoms with Gasteiger partial charge in [0.15, 0.2) is 0 Å². The summed E-state index contributed by atoms with van der Waals surface area (Å²) in [5, 5.41) is 0. The molecule has 1 heterocycles. The number of esters is 1. The predicted octanol–water partition coefficient (Wildman–Crippen LogP) is 2.10. The summed E-state index contributed by atoms with van der Waals surface area (Å²) in [4.78, 5) is 10.3. The average Bonchev–Trinajstić information content (AvgIpc) is 3.14. The fraction of sp³-hybridized carbons (Fsp3) is 0.615. The predicted molar refractivity (Wildman–Crippen MR) is 66.8 cm³/mol. The van der Waals surface area contributed by atoms with Gasteiger partial charge in [-0.15, -0.1) is 6.58 Å². The van der Waals surface area contributed by atoms with Crippen LogP contribution in [0.4, 0.5) is 0 Å². The van der Waals surface area contributed by atoms with Gasteiger partial charge in [0, 0.05) is 6.08 Å². The first-order valence-corrected chi connectivity index (χ1v) is 5.84. The van der Waals surface area contributed by atoms with Crippen LogP contribution in [-0.2, 0) is 19.0 Å². The Morgan fingerprint density at radius 3 is 2.71 bits per heavy atom. The second-order valence-corrected chi connectivity index (χ2v) is 3.51. The maximum atomic E-state index is 10.3. The molecule has 17 heavy (non-hydrogen) atoms. The van der Waals surface area contributed by atoms with Crippen molar-refractivity contribution in [3.05, 3.63) is 25.3 Å². The van der Waals surface area contributed by atoms with Crippen molar-refractivity contribution in [1.82, 2.24) is 0 Å². The molecule has 0 aromatic heterocycles. The molecule has 0 aromatic carbocycles. The molecule has 1 atom stereocenters. The van der Waals surface area contributed by atoms with Gasteiger partial charge >= 0.3 is 5.97 Å². The molecule has 0 aliphatic carbocycles. The summed E-state index contributed by atoms with van der Waals surface area (Å²) in [5.74, 6) is -0.330. The highest BCUT2D eigenvalue weighted by Gasteiger charge is 2.21. The molecule has 1 saturated heterocycles. The second-order valence-electron chi connectivity index (χ2n) is 3.51. The van der Waals surface area contributed by atoms with Crippen molar-refractivity contribution in [3.8, 4) is 0 Å². The number of epoxide rings is 1. The summed E-state index contributed by atoms with van der Waals surface area (Å²) in [6.07, 6.45) is 5.28. The van der Waals surface area contributed by atoms with Crippen molar-refractivity contribution in [1.29, 1.82) is 0 Å². The van der Waals surface area contributed by atoms with Crippen LogP contribution in [0, 0.1) is 0 Å². The number of ether oxygens (including phenoxy) is 3. The van der Waals surface area contributed by atoms with E-state index in [4.69, 9.17) is 9.47 Å². The molecular weight excluding hydrogens is 220 g/mol. The van der Waals surface area contributed by atoms with E-state index in [1.54, 1.807) is 6.08 Å². The molecule has 0 spiro atoms. The van der Waals surface area contributed by atoms with Gasteiger partial charge in [-0.25, -0.2) is 4.79 Å². The molecule has 0 amide bonds. The fourth-order valence-corrected chi connectivity index (χ4v) is 0.823. The Kier molecular flexibility index (Phi) is 10.6. The number of hydrogen-bond acceptors (Lipinski definition) is 4. The van der Waals surface area contributed by atoms with Gasteiger partial charge in [-0.1, -0.05) is 26.0 Å². The lowest BCUT2D eigenvalue weighted by atomic mass is 10.4. The zero-order valence-electron chi connectivity index (χ0n) is 10.5. The highest BCUT2D eigenvalue weighted by atomic mass is 16.6. The van der Waals surface area contributed by atoms with Crippen LogP contribution >= 0.6 is 0 Å². The van der Waals surface area contributed by atoms with Crippen molar-refractivity contribution in [2.75, 3.05) is 26.4 Å². The van der Waals surface area contributed by atoms with E-state index in [-0.39, 0.29) is 5.97 Å². The monoisotopic (exact) mass is 242 g/mol. The maximum Gasteiger partial charge on any atom is 0.330 e. The van der Waals surface area contributed by atoms with Gasteiger partial charge in [-0.2, -0.15) is 0 Å². The molecule has 1 aliphatic heterocycles. The third-order valence-electron chi connectivity index (χ3n) is 1.85. The molecule has 0 aromatic rings. The number of unbranched alkanes of at least 4 members (excludes halogenated alkanes) is 1. The van der Waals surface area contributed by atoms with Crippen molar-refractivity contribution < 1.29 is 19.0 Å². The van der Waals surface area contributed by atoms with E-state index < -0.39 is 0 Å². The van der Waals surface area contributed by atoms with Gasteiger partial charge in [-0.05, 0) is 6.42 Å². The highest BCUT2D eigenvalue weighted by molar-refractivity contribution is 5.81. The minimum Gasteiger partial charge on any atom is -0.463 e. The molecular formula is C13H22O4. The summed E-state index contributed by atoms with van der Waals surface area (Å²) >= 11 is 0. The van der Waals surface area contributed by atoms with E-state index in [0.29, 0.717) is 19.3 Å². The van der Waals surface area contributed by atoms with Crippen LogP contribution in [0.3, 0.4) is 0 Å². The molecule has 0 saturated carbocycles. The SMILES string of the molecule is C=CC(=O)OCCCC.C=CCOCC1CO1. The van der Waals surface area contributed by atoms with Crippen LogP contribution in [0.2, 0.25) is 0 Å². The molecule has 4 heteroatoms. The van der Waals surface area contributed by atoms with Crippen molar-refractivity contribution >= 4 is 5.97 Å². The Bertz CT molecular complexity index is 221. The molecule has 98 valence electrons. The smallest absolute Gasteiger partial charge is 0.330 e. The lowest BCUT2D eigenvalue weighted by Gasteiger charge is -1.97. The second kappa shape index (κ2) is 11.4. The lowest BCUT2D eigenvalue weighted by Crippen LogP contribution is -2.00. The van der Waals surface area contributed by atoms with Gasteiger partial charge in [0.05, 0.1) is 26.4 Å². The summed E-state index contributed by atoms with van der Waals surface area (Å²) in [7, 11) is 0. The lowest BCUT2D eigenvalue weighted by molar-refractivity contribution is -0.137. The molecule has 4 nitrogen and oxygen atoms in total. The van der Waals surface area contributed by atoms with Crippen molar-refractivity contribution in [2.24, 2.45) is 0 Å². The third-order valence-corrected chi connectivity index (χ3v) is 1.85. The molecule has 0 radical (unpaired) electrons. The molecule has 1 aliphatic rings. The topological polar surface area (TPSA) is 48.1 Å². The Balaban J connectivity index is 0.000000302. The quantitative estimate of drug-likeness (QED) is 0.215. The first-order chi connectivity index (χ1) is 8.24. The summed E-state index contributed by atoms with van der Waals surface area (Å²) in [6.45, 7) is 11.6. The van der Waals surface area contributed by atoms with Crippen LogP contribution < -0.4 is 0 Å². The first-order valence-electron chi connectivity index (χ1n) is 5.84. The Labute approximate surface area is 103 Å².